The maximum Gasteiger partial charge on any atom is 0.270 e. The predicted octanol–water partition coefficient (Wildman–Crippen LogP) is 4.16. The summed E-state index contributed by atoms with van der Waals surface area (Å²) in [6.45, 7) is 2.95. The van der Waals surface area contributed by atoms with E-state index in [0.29, 0.717) is 18.8 Å². The Bertz CT molecular complexity index is 802. The largest absolute Gasteiger partial charge is 0.488 e. The lowest BCUT2D eigenvalue weighted by atomic mass is 10.2. The molecule has 0 spiro atoms. The third-order valence-corrected chi connectivity index (χ3v) is 5.90. The van der Waals surface area contributed by atoms with Crippen LogP contribution < -0.4 is 9.64 Å². The summed E-state index contributed by atoms with van der Waals surface area (Å²) in [5.74, 6) is 1.59. The lowest BCUT2D eigenvalue weighted by Crippen LogP contribution is -2.29. The summed E-state index contributed by atoms with van der Waals surface area (Å²) in [6.07, 6.45) is 4.17. The number of carbonyl (C=O) groups is 1. The molecule has 0 saturated carbocycles. The van der Waals surface area contributed by atoms with Gasteiger partial charge in [-0.15, -0.1) is 11.8 Å². The smallest absolute Gasteiger partial charge is 0.270 e. The molecule has 1 fully saturated rings. The number of benzene rings is 1. The maximum absolute atomic E-state index is 12.6. The van der Waals surface area contributed by atoms with Gasteiger partial charge in [0.05, 0.1) is 11.6 Å². The van der Waals surface area contributed by atoms with Gasteiger partial charge >= 0.3 is 0 Å². The topological polar surface area (TPSA) is 48.6 Å². The average Bonchev–Trinajstić information content (AvgIpc) is 3.30. The molecule has 1 aromatic heterocycles. The number of thioether (sulfide) groups is 1. The van der Waals surface area contributed by atoms with Crippen LogP contribution in [0.1, 0.15) is 23.3 Å². The highest BCUT2D eigenvalue weighted by Crippen LogP contribution is 2.39. The second-order valence-electron chi connectivity index (χ2n) is 6.21. The first-order valence-electron chi connectivity index (χ1n) is 8.43. The van der Waals surface area contributed by atoms with Crippen molar-refractivity contribution in [3.8, 4) is 5.75 Å². The zero-order chi connectivity index (χ0) is 17.4. The number of H-pyrrole nitrogens is 1. The number of aromatic amines is 1. The maximum atomic E-state index is 12.6. The average molecular weight is 378 g/mol. The molecular weight excluding hydrogens is 358 g/mol. The van der Waals surface area contributed by atoms with E-state index in [1.54, 1.807) is 11.8 Å². The Kier molecular flexibility index (Phi) is 4.56. The van der Waals surface area contributed by atoms with Crippen molar-refractivity contribution in [3.05, 3.63) is 35.0 Å². The number of hydrogen-bond donors (Lipinski definition) is 1. The standard InChI is InChI=1S/C18H20ClN3O2S/c1-25-16-5-4-12(10-13(16)19)22-8-9-24-15-11-14(20-17(15)22)18(23)21-6-2-3-7-21/h4-5,10-11,20H,2-3,6-9H2,1H3. The summed E-state index contributed by atoms with van der Waals surface area (Å²) in [6, 6.07) is 7.86. The van der Waals surface area contributed by atoms with E-state index in [1.807, 2.05) is 29.4 Å². The number of rotatable bonds is 3. The Hall–Kier alpha value is -1.79. The fourth-order valence-corrected chi connectivity index (χ4v) is 4.25. The molecule has 0 radical (unpaired) electrons. The molecule has 1 amide bonds. The van der Waals surface area contributed by atoms with Gasteiger partial charge in [-0.05, 0) is 37.3 Å². The van der Waals surface area contributed by atoms with E-state index >= 15 is 0 Å². The molecule has 1 N–H and O–H groups in total. The highest BCUT2D eigenvalue weighted by atomic mass is 35.5. The SMILES string of the molecule is CSc1ccc(N2CCOc3cc(C(=O)N4CCCC4)[nH]c32)cc1Cl. The van der Waals surface area contributed by atoms with Crippen molar-refractivity contribution in [2.45, 2.75) is 17.7 Å². The molecule has 132 valence electrons. The Morgan fingerprint density at radius 2 is 2.04 bits per heavy atom. The highest BCUT2D eigenvalue weighted by Gasteiger charge is 2.27. The summed E-state index contributed by atoms with van der Waals surface area (Å²) in [7, 11) is 0. The number of fused-ring (bicyclic) bond motifs is 1. The van der Waals surface area contributed by atoms with Gasteiger partial charge in [0.1, 0.15) is 12.3 Å². The predicted molar refractivity (Wildman–Crippen MR) is 102 cm³/mol. The second kappa shape index (κ2) is 6.84. The minimum Gasteiger partial charge on any atom is -0.488 e. The van der Waals surface area contributed by atoms with Crippen LogP contribution in [0.2, 0.25) is 5.02 Å². The van der Waals surface area contributed by atoms with Crippen molar-refractivity contribution in [1.29, 1.82) is 0 Å². The van der Waals surface area contributed by atoms with Gasteiger partial charge in [-0.2, -0.15) is 0 Å². The minimum absolute atomic E-state index is 0.0474. The number of ether oxygens (including phenoxy) is 1. The molecule has 7 heteroatoms. The van der Waals surface area contributed by atoms with Gasteiger partial charge < -0.3 is 19.5 Å². The van der Waals surface area contributed by atoms with E-state index in [2.05, 4.69) is 16.0 Å². The van der Waals surface area contributed by atoms with Crippen molar-refractivity contribution < 1.29 is 9.53 Å². The van der Waals surface area contributed by atoms with E-state index in [0.717, 1.165) is 53.1 Å². The number of nitrogens with zero attached hydrogens (tertiary/aromatic N) is 2. The van der Waals surface area contributed by atoms with Gasteiger partial charge in [0.25, 0.3) is 5.91 Å². The second-order valence-corrected chi connectivity index (χ2v) is 7.47. The lowest BCUT2D eigenvalue weighted by Gasteiger charge is -2.29. The monoisotopic (exact) mass is 377 g/mol. The Morgan fingerprint density at radius 1 is 1.24 bits per heavy atom. The zero-order valence-electron chi connectivity index (χ0n) is 14.0. The molecular formula is C18H20ClN3O2S. The van der Waals surface area contributed by atoms with Crippen LogP contribution in [0.4, 0.5) is 11.5 Å². The van der Waals surface area contributed by atoms with Crippen LogP contribution in [0.5, 0.6) is 5.75 Å². The molecule has 0 atom stereocenters. The fourth-order valence-electron chi connectivity index (χ4n) is 3.38. The van der Waals surface area contributed by atoms with Gasteiger partial charge in [0, 0.05) is 29.7 Å². The quantitative estimate of drug-likeness (QED) is 0.816. The Balaban J connectivity index is 1.65. The molecule has 2 aliphatic rings. The van der Waals surface area contributed by atoms with Crippen LogP contribution in [0.15, 0.2) is 29.2 Å². The molecule has 5 nitrogen and oxygen atoms in total. The number of likely N-dealkylation sites (tertiary alicyclic amines) is 1. The van der Waals surface area contributed by atoms with Gasteiger partial charge in [-0.1, -0.05) is 11.6 Å². The van der Waals surface area contributed by atoms with E-state index < -0.39 is 0 Å². The number of carbonyl (C=O) groups excluding carboxylic acids is 1. The van der Waals surface area contributed by atoms with Crippen molar-refractivity contribution in [1.82, 2.24) is 9.88 Å². The van der Waals surface area contributed by atoms with E-state index in [4.69, 9.17) is 16.3 Å². The van der Waals surface area contributed by atoms with Gasteiger partial charge in [0.2, 0.25) is 0 Å². The van der Waals surface area contributed by atoms with Gasteiger partial charge in [-0.25, -0.2) is 0 Å². The Labute approximate surface area is 156 Å². The number of aromatic nitrogens is 1. The van der Waals surface area contributed by atoms with Crippen LogP contribution in [0.25, 0.3) is 0 Å². The van der Waals surface area contributed by atoms with Crippen molar-refractivity contribution >= 4 is 40.8 Å². The summed E-state index contributed by atoms with van der Waals surface area (Å²) in [4.78, 5) is 21.0. The highest BCUT2D eigenvalue weighted by molar-refractivity contribution is 7.98. The molecule has 0 unspecified atom stereocenters. The molecule has 2 aromatic rings. The lowest BCUT2D eigenvalue weighted by molar-refractivity contribution is 0.0787. The summed E-state index contributed by atoms with van der Waals surface area (Å²) >= 11 is 7.99. The molecule has 0 aliphatic carbocycles. The van der Waals surface area contributed by atoms with Crippen molar-refractivity contribution in [2.24, 2.45) is 0 Å². The first kappa shape index (κ1) is 16.7. The molecule has 4 rings (SSSR count). The zero-order valence-corrected chi connectivity index (χ0v) is 15.6. The van der Waals surface area contributed by atoms with Gasteiger partial charge in [-0.3, -0.25) is 4.79 Å². The fraction of sp³-hybridized carbons (Fsp3) is 0.389. The molecule has 3 heterocycles. The molecule has 1 aromatic carbocycles. The van der Waals surface area contributed by atoms with Gasteiger partial charge in [0.15, 0.2) is 11.6 Å². The third kappa shape index (κ3) is 3.09. The van der Waals surface area contributed by atoms with Crippen molar-refractivity contribution in [2.75, 3.05) is 37.4 Å². The summed E-state index contributed by atoms with van der Waals surface area (Å²) in [5, 5.41) is 0.734. The molecule has 1 saturated heterocycles. The normalized spacial score (nSPS) is 16.7. The number of anilines is 2. The van der Waals surface area contributed by atoms with Crippen LogP contribution in [0, 0.1) is 0 Å². The number of hydrogen-bond acceptors (Lipinski definition) is 4. The van der Waals surface area contributed by atoms with E-state index in [1.165, 1.54) is 0 Å². The first-order valence-corrected chi connectivity index (χ1v) is 10.0. The summed E-state index contributed by atoms with van der Waals surface area (Å²) in [5.41, 5.74) is 1.58. The molecule has 25 heavy (non-hydrogen) atoms. The minimum atomic E-state index is 0.0474. The third-order valence-electron chi connectivity index (χ3n) is 4.68. The van der Waals surface area contributed by atoms with Crippen LogP contribution in [-0.4, -0.2) is 48.3 Å². The molecule has 0 bridgehead atoms. The summed E-state index contributed by atoms with van der Waals surface area (Å²) < 4.78 is 5.76. The van der Waals surface area contributed by atoms with Crippen molar-refractivity contribution in [3.63, 3.8) is 0 Å². The van der Waals surface area contributed by atoms with E-state index in [-0.39, 0.29) is 5.91 Å². The number of amides is 1. The van der Waals surface area contributed by atoms with Crippen LogP contribution in [0.3, 0.4) is 0 Å². The number of halogens is 1. The number of nitrogens with one attached hydrogen (secondary N) is 1. The van der Waals surface area contributed by atoms with Crippen LogP contribution in [-0.2, 0) is 0 Å². The van der Waals surface area contributed by atoms with E-state index in [9.17, 15) is 4.79 Å². The molecule has 2 aliphatic heterocycles. The first-order chi connectivity index (χ1) is 12.2. The Morgan fingerprint density at radius 3 is 2.76 bits per heavy atom. The van der Waals surface area contributed by atoms with Crippen LogP contribution >= 0.6 is 23.4 Å².